The van der Waals surface area contributed by atoms with Crippen LogP contribution in [0.4, 0.5) is 5.69 Å². The number of carbonyl (C=O) groups is 2. The largest absolute Gasteiger partial charge is 0.419 e. The lowest BCUT2D eigenvalue weighted by atomic mass is 10.1. The zero-order chi connectivity index (χ0) is 17.9. The average molecular weight is 461 g/mol. The molecule has 0 aromatic heterocycles. The molecule has 7 heteroatoms. The number of ether oxygens (including phenoxy) is 2. The first-order valence-electron chi connectivity index (χ1n) is 7.65. The molecule has 0 bridgehead atoms. The molecule has 0 aliphatic carbocycles. The van der Waals surface area contributed by atoms with Crippen molar-refractivity contribution >= 4 is 49.5 Å². The fourth-order valence-electron chi connectivity index (χ4n) is 2.21. The van der Waals surface area contributed by atoms with Crippen molar-refractivity contribution in [1.82, 2.24) is 0 Å². The van der Waals surface area contributed by atoms with Crippen molar-refractivity contribution in [3.63, 3.8) is 0 Å². The third-order valence-electron chi connectivity index (χ3n) is 3.40. The monoisotopic (exact) mass is 459 g/mol. The van der Waals surface area contributed by atoms with E-state index in [1.165, 1.54) is 25.6 Å². The molecule has 1 aliphatic rings. The van der Waals surface area contributed by atoms with E-state index in [-0.39, 0.29) is 5.57 Å². The lowest BCUT2D eigenvalue weighted by Gasteiger charge is -2.29. The standard InChI is InChI=1S/C17H19Br2NO4/c1-4-5-6-10-7-12(18)14(13(19)8-10)20-9-11-15(21)23-17(2,3)24-16(11)22/h7-9,20H,4-6H2,1-3H3. The van der Waals surface area contributed by atoms with Crippen LogP contribution < -0.4 is 5.32 Å². The van der Waals surface area contributed by atoms with Gasteiger partial charge in [-0.25, -0.2) is 9.59 Å². The van der Waals surface area contributed by atoms with Gasteiger partial charge in [-0.1, -0.05) is 13.3 Å². The molecule has 5 nitrogen and oxygen atoms in total. The molecule has 0 unspecified atom stereocenters. The normalized spacial score (nSPS) is 16.5. The van der Waals surface area contributed by atoms with Gasteiger partial charge in [-0.15, -0.1) is 0 Å². The van der Waals surface area contributed by atoms with Gasteiger partial charge in [0.2, 0.25) is 0 Å². The van der Waals surface area contributed by atoms with Crippen LogP contribution in [0.25, 0.3) is 0 Å². The first-order valence-corrected chi connectivity index (χ1v) is 9.23. The maximum absolute atomic E-state index is 11.9. The van der Waals surface area contributed by atoms with Crippen molar-refractivity contribution in [3.05, 3.63) is 38.4 Å². The highest BCUT2D eigenvalue weighted by Gasteiger charge is 2.39. The van der Waals surface area contributed by atoms with Crippen molar-refractivity contribution in [2.45, 2.75) is 45.8 Å². The fraction of sp³-hybridized carbons (Fsp3) is 0.412. The third kappa shape index (κ3) is 4.60. The lowest BCUT2D eigenvalue weighted by molar-refractivity contribution is -0.222. The molecule has 2 rings (SSSR count). The van der Waals surface area contributed by atoms with Gasteiger partial charge in [0.25, 0.3) is 5.79 Å². The van der Waals surface area contributed by atoms with Crippen molar-refractivity contribution < 1.29 is 19.1 Å². The van der Waals surface area contributed by atoms with Gasteiger partial charge in [-0.3, -0.25) is 0 Å². The molecule has 0 spiro atoms. The number of aryl methyl sites for hydroxylation is 1. The van der Waals surface area contributed by atoms with E-state index in [1.54, 1.807) is 0 Å². The summed E-state index contributed by atoms with van der Waals surface area (Å²) < 4.78 is 11.8. The molecular weight excluding hydrogens is 442 g/mol. The number of hydrogen-bond acceptors (Lipinski definition) is 5. The number of halogens is 2. The smallest absolute Gasteiger partial charge is 0.350 e. The summed E-state index contributed by atoms with van der Waals surface area (Å²) in [6.45, 7) is 5.17. The summed E-state index contributed by atoms with van der Waals surface area (Å²) in [5, 5.41) is 2.96. The van der Waals surface area contributed by atoms with Crippen LogP contribution in [0.5, 0.6) is 0 Å². The zero-order valence-electron chi connectivity index (χ0n) is 13.7. The van der Waals surface area contributed by atoms with Crippen LogP contribution in [-0.4, -0.2) is 17.7 Å². The minimum Gasteiger partial charge on any atom is -0.419 e. The number of anilines is 1. The number of benzene rings is 1. The number of rotatable bonds is 5. The molecule has 1 aliphatic heterocycles. The fourth-order valence-corrected chi connectivity index (χ4v) is 3.72. The Labute approximate surface area is 158 Å². The molecule has 0 radical (unpaired) electrons. The van der Waals surface area contributed by atoms with E-state index in [0.717, 1.165) is 28.2 Å². The molecule has 1 N–H and O–H groups in total. The van der Waals surface area contributed by atoms with Gasteiger partial charge in [0.1, 0.15) is 0 Å². The molecule has 24 heavy (non-hydrogen) atoms. The predicted molar refractivity (Wildman–Crippen MR) is 98.4 cm³/mol. The van der Waals surface area contributed by atoms with Crippen LogP contribution in [0, 0.1) is 0 Å². The molecule has 130 valence electrons. The Bertz CT molecular complexity index is 653. The van der Waals surface area contributed by atoms with Crippen LogP contribution in [0.15, 0.2) is 32.9 Å². The van der Waals surface area contributed by atoms with Crippen molar-refractivity contribution in [2.24, 2.45) is 0 Å². The zero-order valence-corrected chi connectivity index (χ0v) is 16.9. The van der Waals surface area contributed by atoms with Gasteiger partial charge in [-0.05, 0) is 62.4 Å². The molecular formula is C17H19Br2NO4. The van der Waals surface area contributed by atoms with Crippen LogP contribution in [-0.2, 0) is 25.5 Å². The number of esters is 2. The molecule has 1 aromatic carbocycles. The van der Waals surface area contributed by atoms with E-state index in [2.05, 4.69) is 44.1 Å². The van der Waals surface area contributed by atoms with E-state index < -0.39 is 17.7 Å². The van der Waals surface area contributed by atoms with Crippen LogP contribution in [0.3, 0.4) is 0 Å². The molecule has 0 saturated carbocycles. The molecule has 0 atom stereocenters. The Balaban J connectivity index is 2.19. The van der Waals surface area contributed by atoms with E-state index in [4.69, 9.17) is 9.47 Å². The second-order valence-electron chi connectivity index (χ2n) is 5.92. The number of cyclic esters (lactones) is 2. The average Bonchev–Trinajstić information content (AvgIpc) is 2.45. The summed E-state index contributed by atoms with van der Waals surface area (Å²) in [7, 11) is 0. The van der Waals surface area contributed by atoms with Gasteiger partial charge in [0.05, 0.1) is 5.69 Å². The summed E-state index contributed by atoms with van der Waals surface area (Å²) in [5.41, 5.74) is 1.74. The van der Waals surface area contributed by atoms with Gasteiger partial charge in [0, 0.05) is 29.0 Å². The van der Waals surface area contributed by atoms with Crippen molar-refractivity contribution in [2.75, 3.05) is 5.32 Å². The Morgan fingerprint density at radius 3 is 2.17 bits per heavy atom. The predicted octanol–water partition coefficient (Wildman–Crippen LogP) is 4.69. The molecule has 1 heterocycles. The second-order valence-corrected chi connectivity index (χ2v) is 7.63. The van der Waals surface area contributed by atoms with Crippen LogP contribution >= 0.6 is 31.9 Å². The molecule has 0 amide bonds. The van der Waals surface area contributed by atoms with Crippen LogP contribution in [0.1, 0.15) is 39.2 Å². The molecule has 1 saturated heterocycles. The Morgan fingerprint density at radius 2 is 1.67 bits per heavy atom. The first-order chi connectivity index (χ1) is 11.2. The highest BCUT2D eigenvalue weighted by atomic mass is 79.9. The SMILES string of the molecule is CCCCc1cc(Br)c(NC=C2C(=O)OC(C)(C)OC2=O)c(Br)c1. The number of unbranched alkanes of at least 4 members (excludes halogenated alkanes) is 1. The van der Waals surface area contributed by atoms with E-state index in [0.29, 0.717) is 5.69 Å². The summed E-state index contributed by atoms with van der Waals surface area (Å²) in [5.74, 6) is -2.67. The quantitative estimate of drug-likeness (QED) is 0.392. The summed E-state index contributed by atoms with van der Waals surface area (Å²) in [6, 6.07) is 4.03. The lowest BCUT2D eigenvalue weighted by Crippen LogP contribution is -2.42. The maximum atomic E-state index is 11.9. The Morgan fingerprint density at radius 1 is 1.12 bits per heavy atom. The van der Waals surface area contributed by atoms with E-state index >= 15 is 0 Å². The topological polar surface area (TPSA) is 64.6 Å². The Kier molecular flexibility index (Phi) is 6.09. The summed E-state index contributed by atoms with van der Waals surface area (Å²) in [6.07, 6.45) is 4.53. The van der Waals surface area contributed by atoms with Gasteiger partial charge < -0.3 is 14.8 Å². The minimum absolute atomic E-state index is 0.178. The first kappa shape index (κ1) is 19.0. The van der Waals surface area contributed by atoms with Crippen molar-refractivity contribution in [3.8, 4) is 0 Å². The van der Waals surface area contributed by atoms with Gasteiger partial charge in [-0.2, -0.15) is 0 Å². The maximum Gasteiger partial charge on any atom is 0.350 e. The highest BCUT2D eigenvalue weighted by molar-refractivity contribution is 9.11. The second kappa shape index (κ2) is 7.70. The van der Waals surface area contributed by atoms with Gasteiger partial charge >= 0.3 is 11.9 Å². The number of carbonyl (C=O) groups excluding carboxylic acids is 2. The molecule has 1 fully saturated rings. The minimum atomic E-state index is -1.24. The Hall–Kier alpha value is -1.34. The number of nitrogens with one attached hydrogen (secondary N) is 1. The van der Waals surface area contributed by atoms with Crippen molar-refractivity contribution in [1.29, 1.82) is 0 Å². The molecule has 1 aromatic rings. The summed E-state index contributed by atoms with van der Waals surface area (Å²) >= 11 is 7.02. The summed E-state index contributed by atoms with van der Waals surface area (Å²) in [4.78, 5) is 23.9. The van der Waals surface area contributed by atoms with E-state index in [9.17, 15) is 9.59 Å². The van der Waals surface area contributed by atoms with E-state index in [1.807, 2.05) is 12.1 Å². The third-order valence-corrected chi connectivity index (χ3v) is 4.65. The van der Waals surface area contributed by atoms with Gasteiger partial charge in [0.15, 0.2) is 5.57 Å². The highest BCUT2D eigenvalue weighted by Crippen LogP contribution is 2.33. The number of hydrogen-bond donors (Lipinski definition) is 1. The van der Waals surface area contributed by atoms with Crippen LogP contribution in [0.2, 0.25) is 0 Å².